The summed E-state index contributed by atoms with van der Waals surface area (Å²) in [6, 6.07) is 0. The van der Waals surface area contributed by atoms with Crippen LogP contribution in [0.25, 0.3) is 0 Å². The summed E-state index contributed by atoms with van der Waals surface area (Å²) in [6.07, 6.45) is 8.71. The van der Waals surface area contributed by atoms with Gasteiger partial charge in [0.1, 0.15) is 0 Å². The van der Waals surface area contributed by atoms with Gasteiger partial charge in [0.25, 0.3) is 0 Å². The highest BCUT2D eigenvalue weighted by Gasteiger charge is 2.39. The summed E-state index contributed by atoms with van der Waals surface area (Å²) in [5.74, 6) is -0.134. The van der Waals surface area contributed by atoms with E-state index in [1.165, 1.54) is 12.8 Å². The molecule has 114 valence electrons. The quantitative estimate of drug-likeness (QED) is 0.814. The lowest BCUT2D eigenvalue weighted by Gasteiger charge is -2.30. The molecule has 2 rings (SSSR count). The highest BCUT2D eigenvalue weighted by atomic mass is 16.4. The Morgan fingerprint density at radius 2 is 1.75 bits per heavy atom. The zero-order valence-corrected chi connectivity index (χ0v) is 12.5. The normalized spacial score (nSPS) is 29.1. The summed E-state index contributed by atoms with van der Waals surface area (Å²) in [4.78, 5) is 23.3. The molecule has 0 saturated heterocycles. The third-order valence-corrected chi connectivity index (χ3v) is 5.47. The summed E-state index contributed by atoms with van der Waals surface area (Å²) in [6.45, 7) is 2.84. The fraction of sp³-hybridized carbons (Fsp3) is 0.875. The maximum Gasteiger partial charge on any atom is 0.306 e. The van der Waals surface area contributed by atoms with E-state index in [0.29, 0.717) is 5.92 Å². The average Bonchev–Trinajstić information content (AvgIpc) is 2.95. The van der Waals surface area contributed by atoms with Crippen molar-refractivity contribution in [3.05, 3.63) is 0 Å². The van der Waals surface area contributed by atoms with Crippen LogP contribution in [0, 0.1) is 17.3 Å². The topological polar surface area (TPSA) is 66.4 Å². The van der Waals surface area contributed by atoms with Crippen LogP contribution in [0.1, 0.15) is 64.7 Å². The number of amides is 1. The standard InChI is InChI=1S/C16H27NO3/c1-2-16(9-3-4-10-16)15(20)17-11-12-5-7-13(8-6-12)14(18)19/h12-13H,2-11H2,1H3,(H,17,20)(H,18,19). The number of hydrogen-bond acceptors (Lipinski definition) is 2. The summed E-state index contributed by atoms with van der Waals surface area (Å²) in [7, 11) is 0. The number of aliphatic carboxylic acids is 1. The van der Waals surface area contributed by atoms with Crippen molar-refractivity contribution >= 4 is 11.9 Å². The van der Waals surface area contributed by atoms with E-state index in [9.17, 15) is 9.59 Å². The van der Waals surface area contributed by atoms with Gasteiger partial charge >= 0.3 is 5.97 Å². The SMILES string of the molecule is CCC1(C(=O)NCC2CCC(C(=O)O)CC2)CCCC1. The predicted octanol–water partition coefficient (Wildman–Crippen LogP) is 2.96. The minimum absolute atomic E-state index is 0.113. The molecule has 0 atom stereocenters. The van der Waals surface area contributed by atoms with Crippen LogP contribution in [0.5, 0.6) is 0 Å². The molecule has 0 aromatic carbocycles. The molecule has 2 aliphatic carbocycles. The van der Waals surface area contributed by atoms with Crippen LogP contribution in [0.15, 0.2) is 0 Å². The molecule has 0 aliphatic heterocycles. The van der Waals surface area contributed by atoms with E-state index in [0.717, 1.165) is 51.5 Å². The lowest BCUT2D eigenvalue weighted by Crippen LogP contribution is -2.41. The number of nitrogens with one attached hydrogen (secondary N) is 1. The smallest absolute Gasteiger partial charge is 0.306 e. The number of carboxylic acids is 1. The van der Waals surface area contributed by atoms with Crippen LogP contribution in [0.4, 0.5) is 0 Å². The molecule has 0 radical (unpaired) electrons. The Kier molecular flexibility index (Phi) is 5.06. The Morgan fingerprint density at radius 1 is 1.15 bits per heavy atom. The molecule has 2 saturated carbocycles. The van der Waals surface area contributed by atoms with E-state index in [1.807, 2.05) is 0 Å². The maximum absolute atomic E-state index is 12.4. The van der Waals surface area contributed by atoms with Crippen LogP contribution in [-0.2, 0) is 9.59 Å². The average molecular weight is 281 g/mol. The zero-order chi connectivity index (χ0) is 14.6. The first-order chi connectivity index (χ1) is 9.57. The van der Waals surface area contributed by atoms with E-state index in [-0.39, 0.29) is 17.2 Å². The largest absolute Gasteiger partial charge is 0.481 e. The molecule has 2 fully saturated rings. The molecular weight excluding hydrogens is 254 g/mol. The van der Waals surface area contributed by atoms with Crippen molar-refractivity contribution in [1.82, 2.24) is 5.32 Å². The molecule has 4 heteroatoms. The van der Waals surface area contributed by atoms with Crippen molar-refractivity contribution in [2.45, 2.75) is 64.7 Å². The number of carbonyl (C=O) groups is 2. The Hall–Kier alpha value is -1.06. The van der Waals surface area contributed by atoms with Crippen molar-refractivity contribution in [1.29, 1.82) is 0 Å². The minimum Gasteiger partial charge on any atom is -0.481 e. The fourth-order valence-corrected chi connectivity index (χ4v) is 3.83. The van der Waals surface area contributed by atoms with Crippen molar-refractivity contribution in [3.8, 4) is 0 Å². The second kappa shape index (κ2) is 6.59. The number of carbonyl (C=O) groups excluding carboxylic acids is 1. The van der Waals surface area contributed by atoms with Crippen molar-refractivity contribution in [3.63, 3.8) is 0 Å². The van der Waals surface area contributed by atoms with Crippen LogP contribution in [0.3, 0.4) is 0 Å². The van der Waals surface area contributed by atoms with E-state index in [1.54, 1.807) is 0 Å². The van der Waals surface area contributed by atoms with Gasteiger partial charge in [0.2, 0.25) is 5.91 Å². The predicted molar refractivity (Wildman–Crippen MR) is 77.3 cm³/mol. The molecule has 0 aromatic rings. The van der Waals surface area contributed by atoms with Crippen LogP contribution in [0.2, 0.25) is 0 Å². The number of carboxylic acid groups (broad SMARTS) is 1. The van der Waals surface area contributed by atoms with Crippen molar-refractivity contribution in [2.24, 2.45) is 17.3 Å². The first kappa shape index (κ1) is 15.3. The number of rotatable bonds is 5. The van der Waals surface area contributed by atoms with Gasteiger partial charge < -0.3 is 10.4 Å². The molecule has 2 N–H and O–H groups in total. The van der Waals surface area contributed by atoms with Gasteiger partial charge in [-0.15, -0.1) is 0 Å². The summed E-state index contributed by atoms with van der Waals surface area (Å²) in [5.41, 5.74) is -0.113. The highest BCUT2D eigenvalue weighted by Crippen LogP contribution is 2.41. The molecule has 0 aromatic heterocycles. The maximum atomic E-state index is 12.4. The molecular formula is C16H27NO3. The Labute approximate surface area is 121 Å². The number of hydrogen-bond donors (Lipinski definition) is 2. The first-order valence-corrected chi connectivity index (χ1v) is 8.08. The van der Waals surface area contributed by atoms with Gasteiger partial charge in [-0.3, -0.25) is 9.59 Å². The van der Waals surface area contributed by atoms with Crippen molar-refractivity contribution < 1.29 is 14.7 Å². The lowest BCUT2D eigenvalue weighted by atomic mass is 9.80. The fourth-order valence-electron chi connectivity index (χ4n) is 3.83. The van der Waals surface area contributed by atoms with Gasteiger partial charge in [-0.1, -0.05) is 19.8 Å². The Bertz CT molecular complexity index is 353. The minimum atomic E-state index is -0.664. The lowest BCUT2D eigenvalue weighted by molar-refractivity contribution is -0.143. The van der Waals surface area contributed by atoms with Crippen molar-refractivity contribution in [2.75, 3.05) is 6.54 Å². The molecule has 0 bridgehead atoms. The molecule has 4 nitrogen and oxygen atoms in total. The Balaban J connectivity index is 1.76. The molecule has 20 heavy (non-hydrogen) atoms. The monoisotopic (exact) mass is 281 g/mol. The van der Waals surface area contributed by atoms with Crippen LogP contribution in [-0.4, -0.2) is 23.5 Å². The van der Waals surface area contributed by atoms with E-state index in [4.69, 9.17) is 5.11 Å². The molecule has 0 spiro atoms. The summed E-state index contributed by atoms with van der Waals surface area (Å²) < 4.78 is 0. The van der Waals surface area contributed by atoms with E-state index < -0.39 is 5.97 Å². The second-order valence-corrected chi connectivity index (χ2v) is 6.61. The van der Waals surface area contributed by atoms with Gasteiger partial charge in [-0.25, -0.2) is 0 Å². The first-order valence-electron chi connectivity index (χ1n) is 8.08. The van der Waals surface area contributed by atoms with Crippen LogP contribution < -0.4 is 5.32 Å². The summed E-state index contributed by atoms with van der Waals surface area (Å²) in [5, 5.41) is 12.1. The molecule has 0 unspecified atom stereocenters. The summed E-state index contributed by atoms with van der Waals surface area (Å²) >= 11 is 0. The van der Waals surface area contributed by atoms with Gasteiger partial charge in [0.05, 0.1) is 5.92 Å². The van der Waals surface area contributed by atoms with Crippen LogP contribution >= 0.6 is 0 Å². The molecule has 2 aliphatic rings. The van der Waals surface area contributed by atoms with Gasteiger partial charge in [0.15, 0.2) is 0 Å². The molecule has 1 amide bonds. The highest BCUT2D eigenvalue weighted by molar-refractivity contribution is 5.82. The van der Waals surface area contributed by atoms with Gasteiger partial charge in [-0.2, -0.15) is 0 Å². The zero-order valence-electron chi connectivity index (χ0n) is 12.5. The van der Waals surface area contributed by atoms with E-state index >= 15 is 0 Å². The van der Waals surface area contributed by atoms with Gasteiger partial charge in [0, 0.05) is 12.0 Å². The second-order valence-electron chi connectivity index (χ2n) is 6.61. The Morgan fingerprint density at radius 3 is 2.25 bits per heavy atom. The third-order valence-electron chi connectivity index (χ3n) is 5.47. The van der Waals surface area contributed by atoms with E-state index in [2.05, 4.69) is 12.2 Å². The third kappa shape index (κ3) is 3.33. The molecule has 0 heterocycles. The van der Waals surface area contributed by atoms with Gasteiger partial charge in [-0.05, 0) is 50.9 Å².